The molecule has 1 unspecified atom stereocenters. The van der Waals surface area contributed by atoms with Gasteiger partial charge in [0.2, 0.25) is 0 Å². The second-order valence-corrected chi connectivity index (χ2v) is 7.06. The molecule has 1 saturated heterocycles. The smallest absolute Gasteiger partial charge is 0.157 e. The normalized spacial score (nSPS) is 17.5. The number of nitrogens with zero attached hydrogens (tertiary/aromatic N) is 1. The van der Waals surface area contributed by atoms with Gasteiger partial charge in [-0.25, -0.2) is 0 Å². The van der Waals surface area contributed by atoms with Crippen LogP contribution in [-0.4, -0.2) is 30.9 Å². The highest BCUT2D eigenvalue weighted by Crippen LogP contribution is 2.15. The molecule has 1 aliphatic rings. The van der Waals surface area contributed by atoms with E-state index in [1.807, 2.05) is 0 Å². The van der Waals surface area contributed by atoms with Crippen LogP contribution in [0.25, 0.3) is 0 Å². The third-order valence-corrected chi connectivity index (χ3v) is 4.81. The minimum atomic E-state index is 0.0356. The zero-order chi connectivity index (χ0) is 17.9. The molecule has 1 heterocycles. The summed E-state index contributed by atoms with van der Waals surface area (Å²) in [5.74, 6) is 0. The van der Waals surface area contributed by atoms with Crippen molar-refractivity contribution in [2.24, 2.45) is 0 Å². The molecular formula is C23H31NO2. The first-order chi connectivity index (χ1) is 12.9. The number of hydrogen-bond donors (Lipinski definition) is 0. The van der Waals surface area contributed by atoms with E-state index in [1.165, 1.54) is 24.0 Å². The van der Waals surface area contributed by atoms with Crippen molar-refractivity contribution < 1.29 is 9.47 Å². The molecule has 0 radical (unpaired) electrons. The Bertz CT molecular complexity index is 555. The third kappa shape index (κ3) is 6.91. The molecule has 0 aliphatic carbocycles. The Hall–Kier alpha value is -1.68. The quantitative estimate of drug-likeness (QED) is 0.560. The Labute approximate surface area is 157 Å². The fourth-order valence-electron chi connectivity index (χ4n) is 3.39. The van der Waals surface area contributed by atoms with Crippen molar-refractivity contribution in [1.82, 2.24) is 4.90 Å². The van der Waals surface area contributed by atoms with E-state index in [0.29, 0.717) is 0 Å². The molecule has 26 heavy (non-hydrogen) atoms. The molecule has 0 aromatic heterocycles. The summed E-state index contributed by atoms with van der Waals surface area (Å²) in [5.41, 5.74) is 2.74. The highest BCUT2D eigenvalue weighted by atomic mass is 16.7. The van der Waals surface area contributed by atoms with Crippen LogP contribution in [0.1, 0.15) is 43.2 Å². The molecule has 1 aliphatic heterocycles. The lowest BCUT2D eigenvalue weighted by Crippen LogP contribution is -2.25. The molecule has 0 bridgehead atoms. The zero-order valence-electron chi connectivity index (χ0n) is 15.7. The lowest BCUT2D eigenvalue weighted by atomic mass is 10.1. The zero-order valence-corrected chi connectivity index (χ0v) is 15.7. The van der Waals surface area contributed by atoms with Gasteiger partial charge in [-0.15, -0.1) is 0 Å². The van der Waals surface area contributed by atoms with Gasteiger partial charge in [-0.3, -0.25) is 4.90 Å². The van der Waals surface area contributed by atoms with Crippen LogP contribution in [0, 0.1) is 0 Å². The van der Waals surface area contributed by atoms with Gasteiger partial charge in [-0.05, 0) is 49.8 Å². The molecule has 0 N–H and O–H groups in total. The predicted molar refractivity (Wildman–Crippen MR) is 106 cm³/mol. The van der Waals surface area contributed by atoms with Crippen LogP contribution in [0.2, 0.25) is 0 Å². The summed E-state index contributed by atoms with van der Waals surface area (Å²) in [6.45, 7) is 4.71. The molecule has 2 aromatic rings. The van der Waals surface area contributed by atoms with Gasteiger partial charge in [-0.1, -0.05) is 60.7 Å². The van der Waals surface area contributed by atoms with E-state index in [0.717, 1.165) is 52.1 Å². The summed E-state index contributed by atoms with van der Waals surface area (Å²) in [4.78, 5) is 2.53. The highest BCUT2D eigenvalue weighted by molar-refractivity contribution is 5.17. The molecule has 3 heteroatoms. The molecule has 3 nitrogen and oxygen atoms in total. The minimum absolute atomic E-state index is 0.0356. The standard InChI is InChI=1S/C23H31NO2/c1-3-11-21(12-4-1)19-24(20-22-13-5-2-6-14-22)16-8-10-18-26-23-15-7-9-17-25-23/h1-6,11-14,23H,7-10,15-20H2. The maximum Gasteiger partial charge on any atom is 0.157 e. The average molecular weight is 354 g/mol. The molecular weight excluding hydrogens is 322 g/mol. The summed E-state index contributed by atoms with van der Waals surface area (Å²) in [6.07, 6.45) is 5.72. The van der Waals surface area contributed by atoms with Gasteiger partial charge < -0.3 is 9.47 Å². The maximum absolute atomic E-state index is 5.86. The van der Waals surface area contributed by atoms with Gasteiger partial charge in [0.05, 0.1) is 0 Å². The SMILES string of the molecule is c1ccc(CN(CCCCOC2CCCCO2)Cc2ccccc2)cc1. The largest absolute Gasteiger partial charge is 0.353 e. The van der Waals surface area contributed by atoms with E-state index in [4.69, 9.17) is 9.47 Å². The van der Waals surface area contributed by atoms with Gasteiger partial charge in [0, 0.05) is 26.3 Å². The average Bonchev–Trinajstić information content (AvgIpc) is 2.70. The predicted octanol–water partition coefficient (Wildman–Crippen LogP) is 5.01. The number of ether oxygens (including phenoxy) is 2. The first-order valence-corrected chi connectivity index (χ1v) is 9.93. The number of hydrogen-bond acceptors (Lipinski definition) is 3. The highest BCUT2D eigenvalue weighted by Gasteiger charge is 2.13. The Morgan fingerprint density at radius 3 is 2.08 bits per heavy atom. The van der Waals surface area contributed by atoms with Crippen LogP contribution in [-0.2, 0) is 22.6 Å². The first kappa shape index (κ1) is 19.1. The maximum atomic E-state index is 5.86. The summed E-state index contributed by atoms with van der Waals surface area (Å²) in [6, 6.07) is 21.5. The van der Waals surface area contributed by atoms with Gasteiger partial charge in [0.1, 0.15) is 0 Å². The van der Waals surface area contributed by atoms with Crippen molar-refractivity contribution in [2.75, 3.05) is 19.8 Å². The van der Waals surface area contributed by atoms with Crippen molar-refractivity contribution in [3.8, 4) is 0 Å². The Balaban J connectivity index is 1.43. The molecule has 0 spiro atoms. The van der Waals surface area contributed by atoms with E-state index < -0.39 is 0 Å². The molecule has 0 saturated carbocycles. The Morgan fingerprint density at radius 1 is 0.846 bits per heavy atom. The monoisotopic (exact) mass is 353 g/mol. The van der Waals surface area contributed by atoms with E-state index >= 15 is 0 Å². The second-order valence-electron chi connectivity index (χ2n) is 7.06. The molecule has 1 atom stereocenters. The number of rotatable bonds is 10. The lowest BCUT2D eigenvalue weighted by molar-refractivity contribution is -0.162. The topological polar surface area (TPSA) is 21.7 Å². The van der Waals surface area contributed by atoms with Crippen molar-refractivity contribution in [1.29, 1.82) is 0 Å². The number of benzene rings is 2. The van der Waals surface area contributed by atoms with Crippen LogP contribution < -0.4 is 0 Å². The Kier molecular flexibility index (Phi) is 8.17. The van der Waals surface area contributed by atoms with Crippen molar-refractivity contribution in [3.05, 3.63) is 71.8 Å². The molecule has 0 amide bonds. The van der Waals surface area contributed by atoms with E-state index in [-0.39, 0.29) is 6.29 Å². The molecule has 3 rings (SSSR count). The number of unbranched alkanes of at least 4 members (excludes halogenated alkanes) is 1. The van der Waals surface area contributed by atoms with Gasteiger partial charge >= 0.3 is 0 Å². The van der Waals surface area contributed by atoms with Crippen molar-refractivity contribution in [3.63, 3.8) is 0 Å². The minimum Gasteiger partial charge on any atom is -0.353 e. The van der Waals surface area contributed by atoms with Gasteiger partial charge in [-0.2, -0.15) is 0 Å². The van der Waals surface area contributed by atoms with Crippen LogP contribution >= 0.6 is 0 Å². The van der Waals surface area contributed by atoms with Crippen molar-refractivity contribution in [2.45, 2.75) is 51.5 Å². The fraction of sp³-hybridized carbons (Fsp3) is 0.478. The summed E-state index contributed by atoms with van der Waals surface area (Å²) >= 11 is 0. The third-order valence-electron chi connectivity index (χ3n) is 4.81. The molecule has 1 fully saturated rings. The molecule has 140 valence electrons. The van der Waals surface area contributed by atoms with Crippen LogP contribution in [0.5, 0.6) is 0 Å². The van der Waals surface area contributed by atoms with E-state index in [2.05, 4.69) is 65.6 Å². The summed E-state index contributed by atoms with van der Waals surface area (Å²) < 4.78 is 11.5. The van der Waals surface area contributed by atoms with Crippen LogP contribution in [0.4, 0.5) is 0 Å². The second kappa shape index (κ2) is 11.1. The van der Waals surface area contributed by atoms with Crippen LogP contribution in [0.15, 0.2) is 60.7 Å². The summed E-state index contributed by atoms with van der Waals surface area (Å²) in [7, 11) is 0. The lowest BCUT2D eigenvalue weighted by Gasteiger charge is -2.24. The van der Waals surface area contributed by atoms with E-state index in [1.54, 1.807) is 0 Å². The summed E-state index contributed by atoms with van der Waals surface area (Å²) in [5, 5.41) is 0. The van der Waals surface area contributed by atoms with Gasteiger partial charge in [0.25, 0.3) is 0 Å². The molecule has 2 aromatic carbocycles. The fourth-order valence-corrected chi connectivity index (χ4v) is 3.39. The van der Waals surface area contributed by atoms with Crippen LogP contribution in [0.3, 0.4) is 0 Å². The Morgan fingerprint density at radius 2 is 1.50 bits per heavy atom. The van der Waals surface area contributed by atoms with Gasteiger partial charge in [0.15, 0.2) is 6.29 Å². The first-order valence-electron chi connectivity index (χ1n) is 9.93. The van der Waals surface area contributed by atoms with E-state index in [9.17, 15) is 0 Å². The van der Waals surface area contributed by atoms with Crippen molar-refractivity contribution >= 4 is 0 Å².